The molecule has 1 aromatic heterocycles. The van der Waals surface area contributed by atoms with Gasteiger partial charge in [-0.15, -0.1) is 5.57 Å². The fourth-order valence-electron chi connectivity index (χ4n) is 3.67. The van der Waals surface area contributed by atoms with E-state index in [0.717, 1.165) is 0 Å². The summed E-state index contributed by atoms with van der Waals surface area (Å²) in [6.07, 6.45) is 4.39. The van der Waals surface area contributed by atoms with Gasteiger partial charge in [-0.05, 0) is 49.4 Å². The van der Waals surface area contributed by atoms with E-state index in [-0.39, 0.29) is 40.8 Å². The van der Waals surface area contributed by atoms with Gasteiger partial charge in [0.25, 0.3) is 0 Å². The van der Waals surface area contributed by atoms with Crippen LogP contribution in [0.1, 0.15) is 43.1 Å². The Labute approximate surface area is 208 Å². The number of halogens is 1. The van der Waals surface area contributed by atoms with Crippen LogP contribution in [-0.4, -0.2) is 36.8 Å². The summed E-state index contributed by atoms with van der Waals surface area (Å²) in [6.45, 7) is 4.04. The number of fused-ring (bicyclic) bond motifs is 3. The fraction of sp³-hybridized carbons (Fsp3) is 0.250. The topological polar surface area (TPSA) is 142 Å². The molecule has 1 atom stereocenters. The van der Waals surface area contributed by atoms with Crippen LogP contribution >= 0.6 is 0 Å². The molecule has 0 saturated heterocycles. The van der Waals surface area contributed by atoms with Crippen molar-refractivity contribution < 1.29 is 31.0 Å². The zero-order valence-electron chi connectivity index (χ0n) is 19.1. The second-order valence-electron chi connectivity index (χ2n) is 7.42. The minimum absolute atomic E-state index is 0. The Morgan fingerprint density at radius 1 is 1.35 bits per heavy atom. The molecule has 34 heavy (non-hydrogen) atoms. The van der Waals surface area contributed by atoms with Crippen LogP contribution in [0.5, 0.6) is 5.75 Å². The van der Waals surface area contributed by atoms with E-state index in [2.05, 4.69) is 15.0 Å². The van der Waals surface area contributed by atoms with Gasteiger partial charge in [0.1, 0.15) is 11.9 Å². The minimum atomic E-state index is -0.609. The molecule has 1 aliphatic rings. The van der Waals surface area contributed by atoms with Crippen LogP contribution in [-0.2, 0) is 21.9 Å². The van der Waals surface area contributed by atoms with Crippen molar-refractivity contribution in [1.29, 1.82) is 0 Å². The number of nitrogens with two attached hydrogens (primary N) is 3. The number of nitrogens with zero attached hydrogens (tertiary/aromatic N) is 3. The third kappa shape index (κ3) is 5.52. The van der Waals surface area contributed by atoms with Crippen molar-refractivity contribution in [1.82, 2.24) is 4.98 Å². The summed E-state index contributed by atoms with van der Waals surface area (Å²) in [5.41, 5.74) is 21.9. The number of pyridine rings is 1. The quantitative estimate of drug-likeness (QED) is 0.254. The van der Waals surface area contributed by atoms with Crippen molar-refractivity contribution in [2.45, 2.75) is 26.4 Å². The Bertz CT molecular complexity index is 1210. The molecule has 10 heteroatoms. The Kier molecular flexibility index (Phi) is 9.11. The van der Waals surface area contributed by atoms with E-state index in [9.17, 15) is 9.18 Å². The molecule has 179 valence electrons. The molecular formula is C24H26FMnN6O2-. The van der Waals surface area contributed by atoms with Crippen molar-refractivity contribution in [3.8, 4) is 5.75 Å². The maximum Gasteiger partial charge on any atom is 0.166 e. The van der Waals surface area contributed by atoms with Gasteiger partial charge in [0, 0.05) is 71.7 Å². The van der Waals surface area contributed by atoms with Crippen LogP contribution in [0.2, 0.25) is 0 Å². The van der Waals surface area contributed by atoms with Gasteiger partial charge in [0.15, 0.2) is 11.6 Å². The van der Waals surface area contributed by atoms with Crippen LogP contribution in [0.4, 0.5) is 10.2 Å². The van der Waals surface area contributed by atoms with Crippen LogP contribution in [0.15, 0.2) is 57.3 Å². The number of hydrogen-bond acceptors (Lipinski definition) is 8. The molecule has 0 aliphatic carbocycles. The molecule has 0 spiro atoms. The van der Waals surface area contributed by atoms with E-state index < -0.39 is 11.9 Å². The average molecular weight is 504 g/mol. The second-order valence-corrected chi connectivity index (χ2v) is 7.42. The molecule has 0 amide bonds. The third-order valence-electron chi connectivity index (χ3n) is 5.24. The smallest absolute Gasteiger partial charge is 0.166 e. The average Bonchev–Trinajstić information content (AvgIpc) is 2.80. The van der Waals surface area contributed by atoms with E-state index in [1.807, 2.05) is 6.92 Å². The number of allylic oxidation sites excluding steroid dienone is 3. The predicted molar refractivity (Wildman–Crippen MR) is 128 cm³/mol. The van der Waals surface area contributed by atoms with Crippen molar-refractivity contribution >= 4 is 29.7 Å². The number of benzene rings is 1. The Morgan fingerprint density at radius 3 is 2.74 bits per heavy atom. The van der Waals surface area contributed by atoms with E-state index in [4.69, 9.17) is 21.9 Å². The van der Waals surface area contributed by atoms with Crippen molar-refractivity contribution in [3.05, 3.63) is 69.8 Å². The Hall–Kier alpha value is -3.49. The zero-order chi connectivity index (χ0) is 24.1. The molecule has 0 unspecified atom stereocenters. The maximum absolute atomic E-state index is 14.2. The van der Waals surface area contributed by atoms with E-state index in [1.54, 1.807) is 38.6 Å². The molecule has 1 aliphatic heterocycles. The first-order chi connectivity index (χ1) is 15.8. The summed E-state index contributed by atoms with van der Waals surface area (Å²) in [5, 5.41) is 0. The van der Waals surface area contributed by atoms with Gasteiger partial charge in [-0.2, -0.15) is 0 Å². The van der Waals surface area contributed by atoms with Gasteiger partial charge in [-0.3, -0.25) is 4.99 Å². The van der Waals surface area contributed by atoms with Gasteiger partial charge in [-0.1, -0.05) is 12.1 Å². The van der Waals surface area contributed by atoms with Crippen molar-refractivity contribution in [2.24, 2.45) is 21.5 Å². The fourth-order valence-corrected chi connectivity index (χ4v) is 3.67. The number of anilines is 1. The van der Waals surface area contributed by atoms with Gasteiger partial charge < -0.3 is 31.7 Å². The molecule has 2 aromatic rings. The Balaban J connectivity index is 0.00000408. The molecule has 3 rings (SSSR count). The summed E-state index contributed by atoms with van der Waals surface area (Å²) < 4.78 is 20.3. The van der Waals surface area contributed by atoms with E-state index in [0.29, 0.717) is 45.8 Å². The van der Waals surface area contributed by atoms with Gasteiger partial charge in [0.2, 0.25) is 0 Å². The summed E-state index contributed by atoms with van der Waals surface area (Å²) in [5.74, 6) is -0.00267. The number of carbonyl (C=O) groups excluding carboxylic acids is 1. The molecule has 6 N–H and O–H groups in total. The standard InChI is InChI=1S/C24H26FN6O2.Mn/c1-4-30-23-15-8-21(24(28)31-11-15)33-13(2)18-9-16(25)5-6-17(18)22(27)14(10-29-3)7-19(23)20(26)12-32;/h5-6,8-11,13H,4,7,26-27H2,1-3H3,(H2,28,31);/q-1;/b20-19-,22-14-,29-10?,30-23?;/t13-;/m1./s1. The minimum Gasteiger partial charge on any atom is -0.482 e. The van der Waals surface area contributed by atoms with Crippen LogP contribution in [0.25, 0.3) is 5.70 Å². The van der Waals surface area contributed by atoms with Crippen LogP contribution in [0.3, 0.4) is 0 Å². The molecule has 2 bridgehead atoms. The summed E-state index contributed by atoms with van der Waals surface area (Å²) >= 11 is 0. The summed E-state index contributed by atoms with van der Waals surface area (Å²) in [4.78, 5) is 24.5. The van der Waals surface area contributed by atoms with Gasteiger partial charge in [0.05, 0.1) is 0 Å². The van der Waals surface area contributed by atoms with Crippen molar-refractivity contribution in [2.75, 3.05) is 19.3 Å². The molecule has 1 radical (unpaired) electrons. The van der Waals surface area contributed by atoms with E-state index >= 15 is 0 Å². The first-order valence-corrected chi connectivity index (χ1v) is 10.3. The SMILES string of the molecule is CCN=C1/C(=C(\N)[C-]=O)C/C(C=NC)=C(/N)c2ccc(F)cc2[C@@H](C)Oc2cc1cnc2N.[Mn]. The molecule has 2 heterocycles. The normalized spacial score (nSPS) is 21.1. The largest absolute Gasteiger partial charge is 0.482 e. The monoisotopic (exact) mass is 504 g/mol. The second kappa shape index (κ2) is 11.6. The number of aliphatic imine (C=N–C) groups is 2. The van der Waals surface area contributed by atoms with E-state index in [1.165, 1.54) is 18.3 Å². The first kappa shape index (κ1) is 26.8. The summed E-state index contributed by atoms with van der Waals surface area (Å²) in [7, 11) is 1.60. The molecule has 0 saturated carbocycles. The van der Waals surface area contributed by atoms with Crippen LogP contribution in [0, 0.1) is 5.82 Å². The molecule has 1 aromatic carbocycles. The Morgan fingerprint density at radius 2 is 2.09 bits per heavy atom. The number of aromatic nitrogens is 1. The zero-order valence-corrected chi connectivity index (χ0v) is 20.3. The van der Waals surface area contributed by atoms with Crippen LogP contribution < -0.4 is 21.9 Å². The van der Waals surface area contributed by atoms with Gasteiger partial charge in [-0.25, -0.2) is 9.37 Å². The first-order valence-electron chi connectivity index (χ1n) is 10.3. The van der Waals surface area contributed by atoms with Crippen molar-refractivity contribution in [3.63, 3.8) is 0 Å². The summed E-state index contributed by atoms with van der Waals surface area (Å²) in [6, 6.07) is 5.93. The van der Waals surface area contributed by atoms with Gasteiger partial charge >= 0.3 is 0 Å². The predicted octanol–water partition coefficient (Wildman–Crippen LogP) is 2.85. The maximum atomic E-state index is 14.2. The molecular weight excluding hydrogens is 478 g/mol. The molecule has 8 nitrogen and oxygen atoms in total. The number of rotatable bonds is 3. The third-order valence-corrected chi connectivity index (χ3v) is 5.24. The number of hydrogen-bond donors (Lipinski definition) is 3. The number of ether oxygens (including phenoxy) is 1. The molecule has 0 fully saturated rings. The number of nitrogen functional groups attached to an aromatic ring is 1.